The number of ether oxygens (including phenoxy) is 1. The van der Waals surface area contributed by atoms with E-state index in [-0.39, 0.29) is 17.9 Å². The Bertz CT molecular complexity index is 965. The van der Waals surface area contributed by atoms with E-state index in [1.165, 1.54) is 32.2 Å². The van der Waals surface area contributed by atoms with E-state index < -0.39 is 35.0 Å². The molecule has 0 bridgehead atoms. The number of hydrogen-bond acceptors (Lipinski definition) is 4. The molecule has 0 radical (unpaired) electrons. The lowest BCUT2D eigenvalue weighted by molar-refractivity contribution is -0.138. The molecular weight excluding hydrogens is 425 g/mol. The zero-order chi connectivity index (χ0) is 22.9. The summed E-state index contributed by atoms with van der Waals surface area (Å²) in [6.07, 6.45) is -5.39. The zero-order valence-corrected chi connectivity index (χ0v) is 17.8. The van der Waals surface area contributed by atoms with E-state index in [0.717, 1.165) is 4.68 Å². The van der Waals surface area contributed by atoms with Gasteiger partial charge < -0.3 is 15.4 Å². The molecule has 0 unspecified atom stereocenters. The Balaban J connectivity index is 2.20. The topological polar surface area (TPSA) is 85.3 Å². The molecule has 0 aliphatic carbocycles. The van der Waals surface area contributed by atoms with Gasteiger partial charge in [0, 0.05) is 24.3 Å². The highest BCUT2D eigenvalue weighted by molar-refractivity contribution is 6.31. The number of carbonyl (C=O) groups excluding carboxylic acids is 2. The molecular formula is C19H22ClF3N4O3. The van der Waals surface area contributed by atoms with Crippen molar-refractivity contribution < 1.29 is 27.5 Å². The molecule has 7 nitrogen and oxygen atoms in total. The summed E-state index contributed by atoms with van der Waals surface area (Å²) in [6, 6.07) is 4.35. The Hall–Kier alpha value is -2.75. The zero-order valence-electron chi connectivity index (χ0n) is 17.1. The molecule has 164 valence electrons. The van der Waals surface area contributed by atoms with Gasteiger partial charge in [-0.3, -0.25) is 9.48 Å². The van der Waals surface area contributed by atoms with Crippen molar-refractivity contribution in [1.82, 2.24) is 15.1 Å². The average Bonchev–Trinajstić information content (AvgIpc) is 2.88. The molecule has 1 aromatic carbocycles. The van der Waals surface area contributed by atoms with Crippen molar-refractivity contribution in [2.45, 2.75) is 46.0 Å². The predicted molar refractivity (Wildman–Crippen MR) is 105 cm³/mol. The number of alkyl carbamates (subject to hydrolysis) is 1. The van der Waals surface area contributed by atoms with Gasteiger partial charge in [-0.15, -0.1) is 0 Å². The quantitative estimate of drug-likeness (QED) is 0.714. The minimum Gasteiger partial charge on any atom is -0.444 e. The molecule has 2 aromatic rings. The van der Waals surface area contributed by atoms with Crippen LogP contribution in [0.4, 0.5) is 23.7 Å². The van der Waals surface area contributed by atoms with Crippen LogP contribution in [0.25, 0.3) is 0 Å². The first-order chi connectivity index (χ1) is 13.7. The maximum absolute atomic E-state index is 13.3. The fourth-order valence-corrected chi connectivity index (χ4v) is 2.90. The maximum Gasteiger partial charge on any atom is 0.420 e. The van der Waals surface area contributed by atoms with Gasteiger partial charge in [-0.05, 0) is 51.5 Å². The number of aromatic nitrogens is 2. The van der Waals surface area contributed by atoms with Crippen molar-refractivity contribution in [2.24, 2.45) is 7.05 Å². The molecule has 2 rings (SSSR count). The molecule has 2 N–H and O–H groups in total. The van der Waals surface area contributed by atoms with Crippen LogP contribution in [0.15, 0.2) is 18.2 Å². The van der Waals surface area contributed by atoms with Gasteiger partial charge in [0.15, 0.2) is 0 Å². The predicted octanol–water partition coefficient (Wildman–Crippen LogP) is 4.68. The van der Waals surface area contributed by atoms with E-state index >= 15 is 0 Å². The van der Waals surface area contributed by atoms with Crippen LogP contribution >= 0.6 is 11.6 Å². The van der Waals surface area contributed by atoms with Crippen molar-refractivity contribution in [2.75, 3.05) is 5.32 Å². The monoisotopic (exact) mass is 446 g/mol. The first-order valence-electron chi connectivity index (χ1n) is 8.86. The normalized spacial score (nSPS) is 11.9. The highest BCUT2D eigenvalue weighted by Crippen LogP contribution is 2.34. The Morgan fingerprint density at radius 3 is 2.43 bits per heavy atom. The lowest BCUT2D eigenvalue weighted by Gasteiger charge is -2.20. The molecule has 11 heteroatoms. The van der Waals surface area contributed by atoms with Gasteiger partial charge in [0.05, 0.1) is 5.69 Å². The molecule has 1 aromatic heterocycles. The van der Waals surface area contributed by atoms with E-state index in [1.807, 2.05) is 0 Å². The number of nitrogens with zero attached hydrogens (tertiary/aromatic N) is 2. The van der Waals surface area contributed by atoms with E-state index in [1.54, 1.807) is 20.8 Å². The molecule has 0 aliphatic heterocycles. The molecule has 1 heterocycles. The number of hydrogen-bond donors (Lipinski definition) is 2. The lowest BCUT2D eigenvalue weighted by Crippen LogP contribution is -2.32. The summed E-state index contributed by atoms with van der Waals surface area (Å²) >= 11 is 6.11. The number of rotatable bonds is 4. The SMILES string of the molecule is Cc1nn(C)c(C(=O)Nc2ccc(Cl)c(CNC(=O)OC(C)(C)C)c2)c1C(F)(F)F. The van der Waals surface area contributed by atoms with E-state index in [4.69, 9.17) is 16.3 Å². The molecule has 2 amide bonds. The number of carbonyl (C=O) groups is 2. The third-order valence-electron chi connectivity index (χ3n) is 3.85. The van der Waals surface area contributed by atoms with Gasteiger partial charge in [-0.25, -0.2) is 4.79 Å². The largest absolute Gasteiger partial charge is 0.444 e. The van der Waals surface area contributed by atoms with Crippen LogP contribution in [-0.4, -0.2) is 27.4 Å². The van der Waals surface area contributed by atoms with Gasteiger partial charge in [0.25, 0.3) is 5.91 Å². The lowest BCUT2D eigenvalue weighted by atomic mass is 10.1. The molecule has 0 atom stereocenters. The highest BCUT2D eigenvalue weighted by Gasteiger charge is 2.40. The van der Waals surface area contributed by atoms with Crippen LogP contribution in [-0.2, 0) is 24.5 Å². The van der Waals surface area contributed by atoms with Gasteiger partial charge in [0.1, 0.15) is 16.9 Å². The van der Waals surface area contributed by atoms with E-state index in [9.17, 15) is 22.8 Å². The summed E-state index contributed by atoms with van der Waals surface area (Å²) < 4.78 is 46.0. The number of halogens is 4. The average molecular weight is 447 g/mol. The molecule has 0 fully saturated rings. The highest BCUT2D eigenvalue weighted by atomic mass is 35.5. The summed E-state index contributed by atoms with van der Waals surface area (Å²) in [5.41, 5.74) is -2.03. The fraction of sp³-hybridized carbons (Fsp3) is 0.421. The molecule has 0 spiro atoms. The maximum atomic E-state index is 13.3. The third kappa shape index (κ3) is 5.88. The first-order valence-corrected chi connectivity index (χ1v) is 9.24. The second-order valence-corrected chi connectivity index (χ2v) is 7.95. The van der Waals surface area contributed by atoms with Crippen LogP contribution in [0.1, 0.15) is 48.1 Å². The van der Waals surface area contributed by atoms with Crippen LogP contribution < -0.4 is 10.6 Å². The Morgan fingerprint density at radius 1 is 1.23 bits per heavy atom. The van der Waals surface area contributed by atoms with Crippen LogP contribution in [0.5, 0.6) is 0 Å². The first kappa shape index (κ1) is 23.5. The smallest absolute Gasteiger partial charge is 0.420 e. The van der Waals surface area contributed by atoms with Gasteiger partial charge in [0.2, 0.25) is 0 Å². The van der Waals surface area contributed by atoms with E-state index in [2.05, 4.69) is 15.7 Å². The number of nitrogens with one attached hydrogen (secondary N) is 2. The summed E-state index contributed by atoms with van der Waals surface area (Å²) in [5.74, 6) is -0.973. The number of aryl methyl sites for hydroxylation is 2. The fourth-order valence-electron chi connectivity index (χ4n) is 2.72. The minimum absolute atomic E-state index is 0.00389. The van der Waals surface area contributed by atoms with Crippen LogP contribution in [0.3, 0.4) is 0 Å². The van der Waals surface area contributed by atoms with Gasteiger partial charge in [-0.1, -0.05) is 11.6 Å². The van der Waals surface area contributed by atoms with Crippen molar-refractivity contribution in [3.63, 3.8) is 0 Å². The molecule has 0 aliphatic rings. The van der Waals surface area contributed by atoms with Crippen molar-refractivity contribution in [3.8, 4) is 0 Å². The summed E-state index contributed by atoms with van der Waals surface area (Å²) in [5, 5.41) is 8.95. The minimum atomic E-state index is -4.73. The number of benzene rings is 1. The standard InChI is InChI=1S/C19H22ClF3N4O3/c1-10-14(19(21,22)23)15(27(5)26-10)16(28)25-12-6-7-13(20)11(8-12)9-24-17(29)30-18(2,3)4/h6-8H,9H2,1-5H3,(H,24,29)(H,25,28). The third-order valence-corrected chi connectivity index (χ3v) is 4.22. The molecule has 0 saturated carbocycles. The number of anilines is 1. The second kappa shape index (κ2) is 8.55. The summed E-state index contributed by atoms with van der Waals surface area (Å²) in [6.45, 7) is 6.32. The number of alkyl halides is 3. The van der Waals surface area contributed by atoms with Crippen LogP contribution in [0.2, 0.25) is 5.02 Å². The van der Waals surface area contributed by atoms with Gasteiger partial charge in [-0.2, -0.15) is 18.3 Å². The van der Waals surface area contributed by atoms with Crippen molar-refractivity contribution >= 4 is 29.3 Å². The Kier molecular flexibility index (Phi) is 6.70. The second-order valence-electron chi connectivity index (χ2n) is 7.55. The molecule has 0 saturated heterocycles. The Morgan fingerprint density at radius 2 is 1.87 bits per heavy atom. The summed E-state index contributed by atoms with van der Waals surface area (Å²) in [4.78, 5) is 24.3. The van der Waals surface area contributed by atoms with E-state index in [0.29, 0.717) is 10.6 Å². The molecule has 30 heavy (non-hydrogen) atoms. The van der Waals surface area contributed by atoms with Crippen molar-refractivity contribution in [3.05, 3.63) is 45.7 Å². The summed E-state index contributed by atoms with van der Waals surface area (Å²) in [7, 11) is 1.26. The van der Waals surface area contributed by atoms with Crippen molar-refractivity contribution in [1.29, 1.82) is 0 Å². The van der Waals surface area contributed by atoms with Crippen LogP contribution in [0, 0.1) is 6.92 Å². The number of amides is 2. The van der Waals surface area contributed by atoms with Gasteiger partial charge >= 0.3 is 12.3 Å². The Labute approximate surface area is 176 Å².